The van der Waals surface area contributed by atoms with Gasteiger partial charge in [0.2, 0.25) is 0 Å². The van der Waals surface area contributed by atoms with Crippen molar-refractivity contribution in [1.29, 1.82) is 0 Å². The summed E-state index contributed by atoms with van der Waals surface area (Å²) >= 11 is 0. The Kier molecular flexibility index (Phi) is 7.60. The van der Waals surface area contributed by atoms with Crippen LogP contribution in [0.25, 0.3) is 0 Å². The lowest BCUT2D eigenvalue weighted by Crippen LogP contribution is -1.98. The first kappa shape index (κ1) is 14.2. The normalized spacial score (nSPS) is 13.2. The highest BCUT2D eigenvalue weighted by atomic mass is 16.5. The second kappa shape index (κ2) is 8.54. The van der Waals surface area contributed by atoms with Crippen molar-refractivity contribution in [3.05, 3.63) is 73.1 Å². The van der Waals surface area contributed by atoms with Crippen LogP contribution in [0.5, 0.6) is 0 Å². The quantitative estimate of drug-likeness (QED) is 0.454. The zero-order valence-corrected chi connectivity index (χ0v) is 10.2. The summed E-state index contributed by atoms with van der Waals surface area (Å²) in [6.45, 7) is 15.5. The van der Waals surface area contributed by atoms with Crippen LogP contribution in [0.2, 0.25) is 0 Å². The van der Waals surface area contributed by atoms with E-state index >= 15 is 0 Å². The van der Waals surface area contributed by atoms with E-state index in [1.165, 1.54) is 0 Å². The Bertz CT molecular complexity index is 340. The third kappa shape index (κ3) is 5.20. The van der Waals surface area contributed by atoms with Crippen LogP contribution in [0.15, 0.2) is 73.1 Å². The number of ether oxygens (including phenoxy) is 1. The predicted molar refractivity (Wildman–Crippen MR) is 72.1 cm³/mol. The fourth-order valence-corrected chi connectivity index (χ4v) is 1.03. The van der Waals surface area contributed by atoms with Gasteiger partial charge in [-0.3, -0.25) is 0 Å². The van der Waals surface area contributed by atoms with Crippen molar-refractivity contribution in [2.45, 2.75) is 13.8 Å². The minimum atomic E-state index is 0.486. The number of rotatable bonds is 7. The Morgan fingerprint density at radius 2 is 1.75 bits per heavy atom. The third-order valence-electron chi connectivity index (χ3n) is 2.08. The Balaban J connectivity index is 4.62. The highest BCUT2D eigenvalue weighted by Crippen LogP contribution is 2.12. The average molecular weight is 216 g/mol. The minimum Gasteiger partial charge on any atom is -0.489 e. The van der Waals surface area contributed by atoms with E-state index in [4.69, 9.17) is 4.74 Å². The number of hydrogen-bond donors (Lipinski definition) is 0. The van der Waals surface area contributed by atoms with Gasteiger partial charge in [-0.2, -0.15) is 0 Å². The summed E-state index contributed by atoms with van der Waals surface area (Å²) < 4.78 is 5.68. The first-order valence-electron chi connectivity index (χ1n) is 5.22. The van der Waals surface area contributed by atoms with Crippen molar-refractivity contribution < 1.29 is 4.74 Å². The van der Waals surface area contributed by atoms with Crippen molar-refractivity contribution in [3.8, 4) is 0 Å². The van der Waals surface area contributed by atoms with Gasteiger partial charge in [0.1, 0.15) is 12.4 Å². The molecule has 0 aromatic rings. The van der Waals surface area contributed by atoms with Crippen LogP contribution in [0.3, 0.4) is 0 Å². The summed E-state index contributed by atoms with van der Waals surface area (Å²) in [5.74, 6) is 0.828. The molecule has 1 nitrogen and oxygen atoms in total. The van der Waals surface area contributed by atoms with E-state index < -0.39 is 0 Å². The number of allylic oxidation sites excluding steroid dienone is 6. The lowest BCUT2D eigenvalue weighted by Gasteiger charge is -2.10. The highest BCUT2D eigenvalue weighted by Gasteiger charge is 2.00. The molecule has 0 N–H and O–H groups in total. The molecule has 0 aliphatic carbocycles. The van der Waals surface area contributed by atoms with Crippen LogP contribution in [0, 0.1) is 0 Å². The monoisotopic (exact) mass is 216 g/mol. The molecular formula is C15H20O. The molecule has 0 saturated carbocycles. The van der Waals surface area contributed by atoms with E-state index in [1.807, 2.05) is 32.1 Å². The molecule has 16 heavy (non-hydrogen) atoms. The van der Waals surface area contributed by atoms with Crippen LogP contribution < -0.4 is 0 Å². The predicted octanol–water partition coefficient (Wildman–Crippen LogP) is 4.34. The Labute approximate surface area is 98.8 Å². The van der Waals surface area contributed by atoms with Crippen molar-refractivity contribution >= 4 is 0 Å². The Morgan fingerprint density at radius 3 is 2.19 bits per heavy atom. The molecule has 0 bridgehead atoms. The standard InChI is InChI=1S/C15H20O/c1-6-10-14(9-4)12-16-15(11-7-2)13(5)8-3/h6-11H,1-2,4,12H2,3,5H3/b13-8-,14-10+,15-11+. The van der Waals surface area contributed by atoms with Crippen molar-refractivity contribution in [2.24, 2.45) is 0 Å². The fourth-order valence-electron chi connectivity index (χ4n) is 1.03. The Morgan fingerprint density at radius 1 is 1.12 bits per heavy atom. The van der Waals surface area contributed by atoms with E-state index in [2.05, 4.69) is 19.7 Å². The highest BCUT2D eigenvalue weighted by molar-refractivity contribution is 5.28. The minimum absolute atomic E-state index is 0.486. The van der Waals surface area contributed by atoms with Gasteiger partial charge in [0.05, 0.1) is 0 Å². The summed E-state index contributed by atoms with van der Waals surface area (Å²) in [6.07, 6.45) is 10.9. The van der Waals surface area contributed by atoms with Crippen molar-refractivity contribution in [2.75, 3.05) is 6.61 Å². The average Bonchev–Trinajstić information content (AvgIpc) is 2.31. The van der Waals surface area contributed by atoms with Gasteiger partial charge >= 0.3 is 0 Å². The van der Waals surface area contributed by atoms with E-state index in [9.17, 15) is 0 Å². The van der Waals surface area contributed by atoms with Crippen LogP contribution in [0.1, 0.15) is 13.8 Å². The first-order chi connectivity index (χ1) is 7.69. The van der Waals surface area contributed by atoms with Crippen molar-refractivity contribution in [3.63, 3.8) is 0 Å². The SMILES string of the molecule is C=C/C=C(\C=C)COC(=C/C=C)/C(C)=C\C. The van der Waals surface area contributed by atoms with Gasteiger partial charge < -0.3 is 4.74 Å². The lowest BCUT2D eigenvalue weighted by molar-refractivity contribution is 0.250. The van der Waals surface area contributed by atoms with Crippen LogP contribution >= 0.6 is 0 Å². The van der Waals surface area contributed by atoms with E-state index in [1.54, 1.807) is 18.2 Å². The van der Waals surface area contributed by atoms with Gasteiger partial charge in [-0.25, -0.2) is 0 Å². The van der Waals surface area contributed by atoms with Gasteiger partial charge in [-0.05, 0) is 31.1 Å². The molecule has 0 aromatic heterocycles. The largest absolute Gasteiger partial charge is 0.489 e. The van der Waals surface area contributed by atoms with Crippen LogP contribution in [0.4, 0.5) is 0 Å². The molecular weight excluding hydrogens is 196 g/mol. The lowest BCUT2D eigenvalue weighted by atomic mass is 10.2. The van der Waals surface area contributed by atoms with Gasteiger partial charge in [-0.15, -0.1) is 0 Å². The summed E-state index contributed by atoms with van der Waals surface area (Å²) in [7, 11) is 0. The molecule has 0 aromatic carbocycles. The fraction of sp³-hybridized carbons (Fsp3) is 0.200. The molecule has 0 radical (unpaired) electrons. The van der Waals surface area contributed by atoms with Crippen molar-refractivity contribution in [1.82, 2.24) is 0 Å². The molecule has 0 amide bonds. The second-order valence-corrected chi connectivity index (χ2v) is 3.21. The molecule has 0 fully saturated rings. The first-order valence-corrected chi connectivity index (χ1v) is 5.22. The molecule has 0 rings (SSSR count). The van der Waals surface area contributed by atoms with Gasteiger partial charge in [0, 0.05) is 0 Å². The van der Waals surface area contributed by atoms with Gasteiger partial charge in [0.15, 0.2) is 0 Å². The molecule has 86 valence electrons. The summed E-state index contributed by atoms with van der Waals surface area (Å²) in [6, 6.07) is 0. The second-order valence-electron chi connectivity index (χ2n) is 3.21. The zero-order valence-electron chi connectivity index (χ0n) is 10.2. The molecule has 0 atom stereocenters. The molecule has 0 saturated heterocycles. The van der Waals surface area contributed by atoms with Crippen LogP contribution in [-0.4, -0.2) is 6.61 Å². The smallest absolute Gasteiger partial charge is 0.122 e. The molecule has 0 spiro atoms. The van der Waals surface area contributed by atoms with Crippen LogP contribution in [-0.2, 0) is 4.74 Å². The molecule has 1 heteroatoms. The summed E-state index contributed by atoms with van der Waals surface area (Å²) in [5.41, 5.74) is 2.08. The summed E-state index contributed by atoms with van der Waals surface area (Å²) in [5, 5.41) is 0. The Hall–Kier alpha value is -1.76. The molecule has 0 aliphatic heterocycles. The van der Waals surface area contributed by atoms with E-state index in [-0.39, 0.29) is 0 Å². The zero-order chi connectivity index (χ0) is 12.4. The van der Waals surface area contributed by atoms with E-state index in [0.29, 0.717) is 6.61 Å². The maximum atomic E-state index is 5.68. The third-order valence-corrected chi connectivity index (χ3v) is 2.08. The topological polar surface area (TPSA) is 9.23 Å². The maximum Gasteiger partial charge on any atom is 0.122 e. The molecule has 0 aliphatic rings. The summed E-state index contributed by atoms with van der Waals surface area (Å²) in [4.78, 5) is 0. The van der Waals surface area contributed by atoms with E-state index in [0.717, 1.165) is 16.9 Å². The van der Waals surface area contributed by atoms with Gasteiger partial charge in [0.25, 0.3) is 0 Å². The molecule has 0 unspecified atom stereocenters. The molecule has 0 heterocycles. The number of hydrogen-bond acceptors (Lipinski definition) is 1. The van der Waals surface area contributed by atoms with Gasteiger partial charge in [-0.1, -0.05) is 50.1 Å². The maximum absolute atomic E-state index is 5.68.